The average molecular weight is 278 g/mol. The number of hydrogen-bond acceptors (Lipinski definition) is 5. The van der Waals surface area contributed by atoms with Gasteiger partial charge in [-0.3, -0.25) is 0 Å². The van der Waals surface area contributed by atoms with Crippen LogP contribution in [0.3, 0.4) is 0 Å². The van der Waals surface area contributed by atoms with E-state index in [1.807, 2.05) is 18.2 Å². The molecule has 0 aliphatic carbocycles. The van der Waals surface area contributed by atoms with E-state index in [0.717, 1.165) is 5.39 Å². The fourth-order valence-corrected chi connectivity index (χ4v) is 2.30. The molecule has 0 saturated carbocycles. The lowest BCUT2D eigenvalue weighted by atomic mass is 10.2. The minimum atomic E-state index is -0.487. The van der Waals surface area contributed by atoms with Gasteiger partial charge in [-0.15, -0.1) is 0 Å². The van der Waals surface area contributed by atoms with E-state index in [2.05, 4.69) is 4.98 Å². The first-order chi connectivity index (χ1) is 10.2. The zero-order chi connectivity index (χ0) is 14.4. The van der Waals surface area contributed by atoms with E-state index in [0.29, 0.717) is 22.4 Å². The van der Waals surface area contributed by atoms with Crippen molar-refractivity contribution >= 4 is 27.8 Å². The highest BCUT2D eigenvalue weighted by Gasteiger charge is 2.15. The second-order valence-electron chi connectivity index (χ2n) is 4.70. The molecule has 2 aromatic carbocycles. The highest BCUT2D eigenvalue weighted by atomic mass is 16.4. The van der Waals surface area contributed by atoms with Crippen LogP contribution < -0.4 is 11.4 Å². The Morgan fingerprint density at radius 2 is 1.76 bits per heavy atom. The van der Waals surface area contributed by atoms with Gasteiger partial charge < -0.3 is 14.6 Å². The van der Waals surface area contributed by atoms with Crippen molar-refractivity contribution in [3.63, 3.8) is 0 Å². The third-order valence-electron chi connectivity index (χ3n) is 3.32. The van der Waals surface area contributed by atoms with Gasteiger partial charge in [-0.1, -0.05) is 24.3 Å². The number of benzene rings is 2. The maximum atomic E-state index is 12.1. The number of fused-ring (bicyclic) bond motifs is 2. The molecule has 0 saturated heterocycles. The van der Waals surface area contributed by atoms with Crippen molar-refractivity contribution < 1.29 is 8.83 Å². The molecule has 0 bridgehead atoms. The number of rotatable bonds is 1. The second-order valence-corrected chi connectivity index (χ2v) is 4.70. The normalized spacial score (nSPS) is 11.2. The smallest absolute Gasteiger partial charge is 0.349 e. The maximum Gasteiger partial charge on any atom is 0.349 e. The molecule has 0 aliphatic rings. The Bertz CT molecular complexity index is 1030. The maximum absolute atomic E-state index is 12.1. The van der Waals surface area contributed by atoms with E-state index >= 15 is 0 Å². The summed E-state index contributed by atoms with van der Waals surface area (Å²) in [6, 6.07) is 14.3. The van der Waals surface area contributed by atoms with Crippen molar-refractivity contribution in [3.05, 3.63) is 59.0 Å². The Balaban J connectivity index is 2.01. The summed E-state index contributed by atoms with van der Waals surface area (Å²) >= 11 is 0. The molecule has 102 valence electrons. The summed E-state index contributed by atoms with van der Waals surface area (Å²) < 4.78 is 10.9. The standard InChI is InChI=1S/C16H10N2O3/c17-11-5-3-7-13-14(11)18-15(20-13)10-8-9-4-1-2-6-12(9)21-16(10)19/h1-8H,17H2. The van der Waals surface area contributed by atoms with Gasteiger partial charge in [0.25, 0.3) is 0 Å². The van der Waals surface area contributed by atoms with Crippen LogP contribution in [0, 0.1) is 0 Å². The SMILES string of the molecule is Nc1cccc2oc(-c3cc4ccccc4oc3=O)nc12. The number of nitrogens with zero attached hydrogens (tertiary/aromatic N) is 1. The van der Waals surface area contributed by atoms with Crippen LogP contribution in [0.2, 0.25) is 0 Å². The Hall–Kier alpha value is -3.08. The first-order valence-electron chi connectivity index (χ1n) is 6.41. The minimum absolute atomic E-state index is 0.211. The van der Waals surface area contributed by atoms with Crippen molar-refractivity contribution in [2.24, 2.45) is 0 Å². The van der Waals surface area contributed by atoms with Gasteiger partial charge in [-0.25, -0.2) is 9.78 Å². The summed E-state index contributed by atoms with van der Waals surface area (Å²) in [5, 5.41) is 0.808. The summed E-state index contributed by atoms with van der Waals surface area (Å²) in [5.74, 6) is 0.211. The molecule has 2 N–H and O–H groups in total. The lowest BCUT2D eigenvalue weighted by molar-refractivity contribution is 0.553. The second kappa shape index (κ2) is 4.21. The number of anilines is 1. The molecule has 4 aromatic rings. The van der Waals surface area contributed by atoms with Crippen molar-refractivity contribution in [2.75, 3.05) is 5.73 Å². The minimum Gasteiger partial charge on any atom is -0.436 e. The molecule has 0 aliphatic heterocycles. The van der Waals surface area contributed by atoms with Gasteiger partial charge in [0.1, 0.15) is 16.7 Å². The van der Waals surface area contributed by atoms with Gasteiger partial charge in [0.05, 0.1) is 5.69 Å². The number of oxazole rings is 1. The quantitative estimate of drug-likeness (QED) is 0.427. The van der Waals surface area contributed by atoms with Crippen LogP contribution in [0.5, 0.6) is 0 Å². The fourth-order valence-electron chi connectivity index (χ4n) is 2.30. The van der Waals surface area contributed by atoms with Crippen LogP contribution in [-0.4, -0.2) is 4.98 Å². The summed E-state index contributed by atoms with van der Waals surface area (Å²) in [5.41, 5.74) is 7.76. The number of para-hydroxylation sites is 2. The molecular weight excluding hydrogens is 268 g/mol. The molecule has 0 fully saturated rings. The molecule has 0 spiro atoms. The van der Waals surface area contributed by atoms with Crippen LogP contribution in [-0.2, 0) is 0 Å². The van der Waals surface area contributed by atoms with Crippen molar-refractivity contribution in [3.8, 4) is 11.5 Å². The van der Waals surface area contributed by atoms with E-state index in [1.54, 1.807) is 30.3 Å². The van der Waals surface area contributed by atoms with Gasteiger partial charge in [0.2, 0.25) is 5.89 Å². The molecule has 0 atom stereocenters. The van der Waals surface area contributed by atoms with Gasteiger partial charge in [-0.2, -0.15) is 0 Å². The first kappa shape index (κ1) is 11.7. The molecule has 0 unspecified atom stereocenters. The average Bonchev–Trinajstić information content (AvgIpc) is 2.92. The largest absolute Gasteiger partial charge is 0.436 e. The fraction of sp³-hybridized carbons (Fsp3) is 0. The summed E-state index contributed by atoms with van der Waals surface area (Å²) in [6.07, 6.45) is 0. The Labute approximate surface area is 118 Å². The summed E-state index contributed by atoms with van der Waals surface area (Å²) in [6.45, 7) is 0. The molecular formula is C16H10N2O3. The van der Waals surface area contributed by atoms with Gasteiger partial charge in [0.15, 0.2) is 5.58 Å². The lowest BCUT2D eigenvalue weighted by Gasteiger charge is -1.97. The third kappa shape index (κ3) is 1.79. The number of nitrogens with two attached hydrogens (primary N) is 1. The molecule has 2 heterocycles. The molecule has 5 heteroatoms. The molecule has 0 amide bonds. The van der Waals surface area contributed by atoms with Crippen LogP contribution in [0.15, 0.2) is 62.2 Å². The monoisotopic (exact) mass is 278 g/mol. The summed E-state index contributed by atoms with van der Waals surface area (Å²) in [4.78, 5) is 16.4. The van der Waals surface area contributed by atoms with Gasteiger partial charge in [-0.05, 0) is 24.3 Å². The predicted molar refractivity (Wildman–Crippen MR) is 79.9 cm³/mol. The summed E-state index contributed by atoms with van der Waals surface area (Å²) in [7, 11) is 0. The van der Waals surface area contributed by atoms with Crippen molar-refractivity contribution in [1.82, 2.24) is 4.98 Å². The third-order valence-corrected chi connectivity index (χ3v) is 3.32. The van der Waals surface area contributed by atoms with Gasteiger partial charge in [0, 0.05) is 5.39 Å². The Morgan fingerprint density at radius 3 is 2.62 bits per heavy atom. The van der Waals surface area contributed by atoms with Crippen LogP contribution >= 0.6 is 0 Å². The zero-order valence-electron chi connectivity index (χ0n) is 10.9. The molecule has 21 heavy (non-hydrogen) atoms. The van der Waals surface area contributed by atoms with Crippen molar-refractivity contribution in [2.45, 2.75) is 0 Å². The highest BCUT2D eigenvalue weighted by molar-refractivity contribution is 5.88. The predicted octanol–water partition coefficient (Wildman–Crippen LogP) is 3.18. The van der Waals surface area contributed by atoms with Crippen LogP contribution in [0.1, 0.15) is 0 Å². The first-order valence-corrected chi connectivity index (χ1v) is 6.41. The Morgan fingerprint density at radius 1 is 0.952 bits per heavy atom. The van der Waals surface area contributed by atoms with E-state index in [-0.39, 0.29) is 11.5 Å². The lowest BCUT2D eigenvalue weighted by Crippen LogP contribution is -2.02. The number of aromatic nitrogens is 1. The molecule has 2 aromatic heterocycles. The van der Waals surface area contributed by atoms with Gasteiger partial charge >= 0.3 is 5.63 Å². The Kier molecular flexibility index (Phi) is 2.35. The number of nitrogen functional groups attached to an aromatic ring is 1. The topological polar surface area (TPSA) is 82.3 Å². The van der Waals surface area contributed by atoms with Crippen LogP contribution in [0.25, 0.3) is 33.5 Å². The van der Waals surface area contributed by atoms with E-state index < -0.39 is 5.63 Å². The number of hydrogen-bond donors (Lipinski definition) is 1. The van der Waals surface area contributed by atoms with E-state index in [1.165, 1.54) is 0 Å². The van der Waals surface area contributed by atoms with Crippen LogP contribution in [0.4, 0.5) is 5.69 Å². The highest BCUT2D eigenvalue weighted by Crippen LogP contribution is 2.27. The molecule has 0 radical (unpaired) electrons. The zero-order valence-corrected chi connectivity index (χ0v) is 10.9. The molecule has 4 rings (SSSR count). The van der Waals surface area contributed by atoms with E-state index in [9.17, 15) is 4.79 Å². The van der Waals surface area contributed by atoms with Crippen molar-refractivity contribution in [1.29, 1.82) is 0 Å². The van der Waals surface area contributed by atoms with E-state index in [4.69, 9.17) is 14.6 Å². The molecule has 5 nitrogen and oxygen atoms in total.